The highest BCUT2D eigenvalue weighted by Crippen LogP contribution is 2.26. The Kier molecular flexibility index (Phi) is 7.16. The number of rotatable bonds is 6. The van der Waals surface area contributed by atoms with E-state index in [1.807, 2.05) is 6.92 Å². The summed E-state index contributed by atoms with van der Waals surface area (Å²) in [6.07, 6.45) is 5.18. The van der Waals surface area contributed by atoms with Crippen LogP contribution in [0.3, 0.4) is 0 Å². The number of piperidine rings is 2. The summed E-state index contributed by atoms with van der Waals surface area (Å²) in [5, 5.41) is 3.10. The van der Waals surface area contributed by atoms with E-state index >= 15 is 0 Å². The van der Waals surface area contributed by atoms with Gasteiger partial charge in [0.2, 0.25) is 15.9 Å². The third-order valence-electron chi connectivity index (χ3n) is 6.61. The lowest BCUT2D eigenvalue weighted by molar-refractivity contribution is -0.126. The number of carbonyl (C=O) groups is 1. The summed E-state index contributed by atoms with van der Waals surface area (Å²) in [7, 11) is -3.58. The molecule has 0 radical (unpaired) electrons. The fourth-order valence-electron chi connectivity index (χ4n) is 4.66. The molecule has 2 aromatic rings. The standard InChI is InChI=1S/C25H33N3O3S/c1-20(21-12-14-23(15-13-21)27-16-6-3-7-17-27)26-25(29)22-9-8-18-28(19-22)32(30,31)24-10-4-2-5-11-24/h2,4-5,10-15,20,22H,3,6-9,16-19H2,1H3,(H,26,29)/t20-,22+/m1/s1. The molecule has 32 heavy (non-hydrogen) atoms. The summed E-state index contributed by atoms with van der Waals surface area (Å²) in [5.74, 6) is -0.414. The van der Waals surface area contributed by atoms with Crippen LogP contribution >= 0.6 is 0 Å². The van der Waals surface area contributed by atoms with Gasteiger partial charge < -0.3 is 10.2 Å². The molecule has 0 spiro atoms. The average Bonchev–Trinajstić information content (AvgIpc) is 2.85. The van der Waals surface area contributed by atoms with Crippen LogP contribution in [0.25, 0.3) is 0 Å². The smallest absolute Gasteiger partial charge is 0.243 e. The largest absolute Gasteiger partial charge is 0.372 e. The van der Waals surface area contributed by atoms with Crippen LogP contribution in [0.2, 0.25) is 0 Å². The summed E-state index contributed by atoms with van der Waals surface area (Å²) < 4.78 is 27.4. The van der Waals surface area contributed by atoms with Gasteiger partial charge in [-0.15, -0.1) is 0 Å². The molecule has 2 saturated heterocycles. The highest BCUT2D eigenvalue weighted by Gasteiger charge is 2.33. The third-order valence-corrected chi connectivity index (χ3v) is 8.49. The highest BCUT2D eigenvalue weighted by atomic mass is 32.2. The van der Waals surface area contributed by atoms with E-state index in [1.54, 1.807) is 30.3 Å². The predicted molar refractivity (Wildman–Crippen MR) is 127 cm³/mol. The maximum absolute atomic E-state index is 13.0. The van der Waals surface area contributed by atoms with Gasteiger partial charge in [-0.05, 0) is 68.9 Å². The number of hydrogen-bond acceptors (Lipinski definition) is 4. The number of benzene rings is 2. The minimum atomic E-state index is -3.58. The Bertz CT molecular complexity index is 1000. The van der Waals surface area contributed by atoms with Crippen molar-refractivity contribution in [2.24, 2.45) is 5.92 Å². The highest BCUT2D eigenvalue weighted by molar-refractivity contribution is 7.89. The maximum Gasteiger partial charge on any atom is 0.243 e. The van der Waals surface area contributed by atoms with Crippen molar-refractivity contribution in [3.63, 3.8) is 0 Å². The molecule has 2 atom stereocenters. The molecule has 1 N–H and O–H groups in total. The van der Waals surface area contributed by atoms with Gasteiger partial charge in [0.25, 0.3) is 0 Å². The molecular weight excluding hydrogens is 422 g/mol. The van der Waals surface area contributed by atoms with E-state index in [9.17, 15) is 13.2 Å². The molecule has 172 valence electrons. The van der Waals surface area contributed by atoms with Gasteiger partial charge in [-0.25, -0.2) is 8.42 Å². The molecule has 2 aromatic carbocycles. The van der Waals surface area contributed by atoms with Crippen molar-refractivity contribution in [2.75, 3.05) is 31.1 Å². The summed E-state index contributed by atoms with van der Waals surface area (Å²) in [6.45, 7) is 4.87. The lowest BCUT2D eigenvalue weighted by Crippen LogP contribution is -2.45. The Labute approximate surface area is 191 Å². The van der Waals surface area contributed by atoms with Crippen LogP contribution in [-0.4, -0.2) is 44.8 Å². The van der Waals surface area contributed by atoms with Gasteiger partial charge in [0, 0.05) is 31.9 Å². The van der Waals surface area contributed by atoms with Crippen molar-refractivity contribution in [2.45, 2.75) is 50.0 Å². The number of sulfonamides is 1. The second-order valence-corrected chi connectivity index (χ2v) is 10.8. The number of amides is 1. The Hall–Kier alpha value is -2.38. The van der Waals surface area contributed by atoms with Crippen molar-refractivity contribution in [1.29, 1.82) is 0 Å². The molecule has 2 heterocycles. The van der Waals surface area contributed by atoms with Crippen molar-refractivity contribution in [1.82, 2.24) is 9.62 Å². The molecule has 0 saturated carbocycles. The molecule has 0 unspecified atom stereocenters. The molecule has 0 aliphatic carbocycles. The van der Waals surface area contributed by atoms with Gasteiger partial charge in [0.05, 0.1) is 16.9 Å². The molecule has 2 aliphatic rings. The van der Waals surface area contributed by atoms with Gasteiger partial charge in [-0.2, -0.15) is 4.31 Å². The van der Waals surface area contributed by atoms with Gasteiger partial charge in [0.15, 0.2) is 0 Å². The first kappa shape index (κ1) is 22.8. The summed E-state index contributed by atoms with van der Waals surface area (Å²) in [4.78, 5) is 15.7. The van der Waals surface area contributed by atoms with Crippen molar-refractivity contribution >= 4 is 21.6 Å². The number of nitrogens with zero attached hydrogens (tertiary/aromatic N) is 2. The predicted octanol–water partition coefficient (Wildman–Crippen LogP) is 3.96. The van der Waals surface area contributed by atoms with E-state index in [0.717, 1.165) is 18.7 Å². The molecule has 0 bridgehead atoms. The van der Waals surface area contributed by atoms with E-state index in [4.69, 9.17) is 0 Å². The topological polar surface area (TPSA) is 69.7 Å². The maximum atomic E-state index is 13.0. The minimum Gasteiger partial charge on any atom is -0.372 e. The molecule has 2 fully saturated rings. The second-order valence-electron chi connectivity index (χ2n) is 8.88. The van der Waals surface area contributed by atoms with E-state index in [1.165, 1.54) is 29.3 Å². The van der Waals surface area contributed by atoms with E-state index in [-0.39, 0.29) is 29.3 Å². The zero-order chi connectivity index (χ0) is 22.6. The normalized spacial score (nSPS) is 21.2. The molecule has 0 aromatic heterocycles. The Morgan fingerprint density at radius 1 is 0.938 bits per heavy atom. The second kappa shape index (κ2) is 10.0. The molecule has 7 heteroatoms. The fourth-order valence-corrected chi connectivity index (χ4v) is 6.20. The molecule has 4 rings (SSSR count). The van der Waals surface area contributed by atoms with E-state index in [2.05, 4.69) is 34.5 Å². The zero-order valence-corrected chi connectivity index (χ0v) is 19.6. The first-order valence-electron chi connectivity index (χ1n) is 11.7. The minimum absolute atomic E-state index is 0.0782. The number of hydrogen-bond donors (Lipinski definition) is 1. The van der Waals surface area contributed by atoms with Gasteiger partial charge >= 0.3 is 0 Å². The van der Waals surface area contributed by atoms with Crippen LogP contribution in [0.15, 0.2) is 59.5 Å². The van der Waals surface area contributed by atoms with Crippen molar-refractivity contribution in [3.05, 3.63) is 60.2 Å². The molecular formula is C25H33N3O3S. The summed E-state index contributed by atoms with van der Waals surface area (Å²) >= 11 is 0. The van der Waals surface area contributed by atoms with Crippen LogP contribution in [-0.2, 0) is 14.8 Å². The SMILES string of the molecule is C[C@@H](NC(=O)[C@H]1CCCN(S(=O)(=O)c2ccccc2)C1)c1ccc(N2CCCCC2)cc1. The first-order valence-corrected chi connectivity index (χ1v) is 13.1. The van der Waals surface area contributed by atoms with E-state index < -0.39 is 10.0 Å². The van der Waals surface area contributed by atoms with E-state index in [0.29, 0.717) is 19.4 Å². The number of nitrogens with one attached hydrogen (secondary N) is 1. The quantitative estimate of drug-likeness (QED) is 0.716. The molecule has 2 aliphatic heterocycles. The van der Waals surface area contributed by atoms with Gasteiger partial charge in [0.1, 0.15) is 0 Å². The average molecular weight is 456 g/mol. The lowest BCUT2D eigenvalue weighted by atomic mass is 9.97. The summed E-state index contributed by atoms with van der Waals surface area (Å²) in [6, 6.07) is 16.8. The van der Waals surface area contributed by atoms with Crippen LogP contribution in [0.4, 0.5) is 5.69 Å². The molecule has 6 nitrogen and oxygen atoms in total. The Balaban J connectivity index is 1.36. The Morgan fingerprint density at radius 2 is 1.62 bits per heavy atom. The van der Waals surface area contributed by atoms with Crippen LogP contribution < -0.4 is 10.2 Å². The van der Waals surface area contributed by atoms with Crippen LogP contribution in [0, 0.1) is 5.92 Å². The Morgan fingerprint density at radius 3 is 2.31 bits per heavy atom. The summed E-state index contributed by atoms with van der Waals surface area (Å²) in [5.41, 5.74) is 2.30. The number of carbonyl (C=O) groups excluding carboxylic acids is 1. The molecule has 1 amide bonds. The van der Waals surface area contributed by atoms with Crippen molar-refractivity contribution in [3.8, 4) is 0 Å². The van der Waals surface area contributed by atoms with Crippen molar-refractivity contribution < 1.29 is 13.2 Å². The number of anilines is 1. The fraction of sp³-hybridized carbons (Fsp3) is 0.480. The lowest BCUT2D eigenvalue weighted by Gasteiger charge is -2.32. The van der Waals surface area contributed by atoms with Gasteiger partial charge in [-0.1, -0.05) is 30.3 Å². The monoisotopic (exact) mass is 455 g/mol. The first-order chi connectivity index (χ1) is 15.4. The van der Waals surface area contributed by atoms with Crippen LogP contribution in [0.1, 0.15) is 50.6 Å². The van der Waals surface area contributed by atoms with Gasteiger partial charge in [-0.3, -0.25) is 4.79 Å². The zero-order valence-electron chi connectivity index (χ0n) is 18.7. The van der Waals surface area contributed by atoms with Crippen LogP contribution in [0.5, 0.6) is 0 Å². The third kappa shape index (κ3) is 5.15.